The number of hydrogen-bond acceptors (Lipinski definition) is 5. The molecule has 2 aromatic heterocycles. The van der Waals surface area contributed by atoms with Gasteiger partial charge in [-0.2, -0.15) is 5.10 Å². The summed E-state index contributed by atoms with van der Waals surface area (Å²) in [5.41, 5.74) is 6.16. The summed E-state index contributed by atoms with van der Waals surface area (Å²) in [5.74, 6) is -0.591. The predicted molar refractivity (Wildman–Crippen MR) is 177 cm³/mol. The minimum absolute atomic E-state index is 0.193. The summed E-state index contributed by atoms with van der Waals surface area (Å²) in [5, 5.41) is 6.67. The number of ether oxygens (including phenoxy) is 3. The molecule has 3 heterocycles. The Bertz CT molecular complexity index is 2150. The Morgan fingerprint density at radius 2 is 1.64 bits per heavy atom. The van der Waals surface area contributed by atoms with Crippen molar-refractivity contribution in [3.8, 4) is 16.9 Å². The topological polar surface area (TPSA) is 67.5 Å². The van der Waals surface area contributed by atoms with E-state index in [0.717, 1.165) is 27.8 Å². The zero-order chi connectivity index (χ0) is 32.7. The zero-order valence-corrected chi connectivity index (χ0v) is 26.6. The molecule has 0 saturated heterocycles. The third-order valence-corrected chi connectivity index (χ3v) is 9.01. The molecule has 0 unspecified atom stereocenters. The summed E-state index contributed by atoms with van der Waals surface area (Å²) in [7, 11) is 1.83. The lowest BCUT2D eigenvalue weighted by atomic mass is 9.97. The second-order valence-electron chi connectivity index (χ2n) is 11.8. The van der Waals surface area contributed by atoms with E-state index in [1.165, 1.54) is 12.1 Å². The van der Waals surface area contributed by atoms with Gasteiger partial charge in [-0.1, -0.05) is 48.5 Å². The number of aryl methyl sites for hydroxylation is 2. The van der Waals surface area contributed by atoms with Gasteiger partial charge in [0.25, 0.3) is 0 Å². The Labute approximate surface area is 271 Å². The van der Waals surface area contributed by atoms with Gasteiger partial charge in [0.2, 0.25) is 0 Å². The van der Waals surface area contributed by atoms with E-state index in [0.29, 0.717) is 77.2 Å². The van der Waals surface area contributed by atoms with Crippen LogP contribution in [0.2, 0.25) is 0 Å². The monoisotopic (exact) mass is 635 g/mol. The molecule has 7 nitrogen and oxygen atoms in total. The molecule has 1 aliphatic heterocycles. The number of carbonyl (C=O) groups is 1. The molecular weight excluding hydrogens is 600 g/mol. The molecule has 0 amide bonds. The molecule has 47 heavy (non-hydrogen) atoms. The second kappa shape index (κ2) is 12.6. The van der Waals surface area contributed by atoms with Crippen LogP contribution in [0.3, 0.4) is 0 Å². The minimum Gasteiger partial charge on any atom is -0.493 e. The first-order valence-electron chi connectivity index (χ1n) is 15.9. The summed E-state index contributed by atoms with van der Waals surface area (Å²) in [6, 6.07) is 21.4. The Kier molecular flexibility index (Phi) is 8.24. The van der Waals surface area contributed by atoms with Crippen LogP contribution in [0.15, 0.2) is 72.8 Å². The van der Waals surface area contributed by atoms with Crippen LogP contribution in [0.25, 0.3) is 32.8 Å². The van der Waals surface area contributed by atoms with Crippen LogP contribution in [0.5, 0.6) is 5.75 Å². The summed E-state index contributed by atoms with van der Waals surface area (Å²) < 4.78 is 52.2. The standard InChI is InChI=1S/C38H35F2N3O4/c1-4-46-38(44)37-28(14-9-19-47-33-18-17-30(39)26-12-7-8-13-27(26)33)29-15-16-31(40)35-34-23(2)42(3)41-32(34)22-45-21-25-11-6-5-10-24(25)20-43(37)36(29)35/h5-8,10-13,15-18H,4,9,14,19-22H2,1-3H3. The first kappa shape index (κ1) is 30.6. The normalized spacial score (nSPS) is 12.9. The fraction of sp³-hybridized carbons (Fsp3) is 0.263. The number of fused-ring (bicyclic) bond motifs is 4. The maximum atomic E-state index is 16.2. The van der Waals surface area contributed by atoms with Crippen LogP contribution >= 0.6 is 0 Å². The van der Waals surface area contributed by atoms with E-state index in [-0.39, 0.29) is 19.0 Å². The summed E-state index contributed by atoms with van der Waals surface area (Å²) in [6.07, 6.45) is 1.01. The summed E-state index contributed by atoms with van der Waals surface area (Å²) >= 11 is 0. The fourth-order valence-corrected chi connectivity index (χ4v) is 6.75. The van der Waals surface area contributed by atoms with Gasteiger partial charge in [-0.3, -0.25) is 4.68 Å². The van der Waals surface area contributed by atoms with Crippen molar-refractivity contribution in [3.63, 3.8) is 0 Å². The van der Waals surface area contributed by atoms with Crippen molar-refractivity contribution >= 4 is 27.6 Å². The first-order valence-corrected chi connectivity index (χ1v) is 15.9. The number of carbonyl (C=O) groups excluding carboxylic acids is 1. The van der Waals surface area contributed by atoms with Gasteiger partial charge in [-0.05, 0) is 67.6 Å². The number of nitrogens with zero attached hydrogens (tertiary/aromatic N) is 3. The number of aromatic nitrogens is 3. The van der Waals surface area contributed by atoms with E-state index in [2.05, 4.69) is 0 Å². The Morgan fingerprint density at radius 1 is 0.894 bits per heavy atom. The number of rotatable bonds is 7. The highest BCUT2D eigenvalue weighted by atomic mass is 19.1. The molecule has 0 radical (unpaired) electrons. The van der Waals surface area contributed by atoms with Crippen molar-refractivity contribution in [3.05, 3.63) is 118 Å². The van der Waals surface area contributed by atoms with Crippen LogP contribution in [0.4, 0.5) is 8.78 Å². The van der Waals surface area contributed by atoms with Crippen molar-refractivity contribution < 1.29 is 27.8 Å². The van der Waals surface area contributed by atoms with E-state index in [4.69, 9.17) is 19.3 Å². The van der Waals surface area contributed by atoms with Crippen LogP contribution in [0.1, 0.15) is 51.9 Å². The highest BCUT2D eigenvalue weighted by molar-refractivity contribution is 6.05. The molecule has 0 N–H and O–H groups in total. The third kappa shape index (κ3) is 5.44. The number of halogens is 2. The average Bonchev–Trinajstić information content (AvgIpc) is 3.52. The zero-order valence-electron chi connectivity index (χ0n) is 26.6. The first-order chi connectivity index (χ1) is 22.9. The molecule has 0 saturated carbocycles. The van der Waals surface area contributed by atoms with Gasteiger partial charge in [-0.15, -0.1) is 0 Å². The smallest absolute Gasteiger partial charge is 0.355 e. The van der Waals surface area contributed by atoms with Gasteiger partial charge >= 0.3 is 5.97 Å². The van der Waals surface area contributed by atoms with Gasteiger partial charge in [0, 0.05) is 46.6 Å². The highest BCUT2D eigenvalue weighted by Gasteiger charge is 2.30. The number of hydrogen-bond donors (Lipinski definition) is 0. The summed E-state index contributed by atoms with van der Waals surface area (Å²) in [4.78, 5) is 13.9. The van der Waals surface area contributed by atoms with E-state index < -0.39 is 11.8 Å². The Balaban J connectivity index is 1.38. The molecule has 0 bridgehead atoms. The van der Waals surface area contributed by atoms with Crippen molar-refractivity contribution in [2.75, 3.05) is 13.2 Å². The van der Waals surface area contributed by atoms with E-state index in [1.54, 1.807) is 35.9 Å². The number of esters is 1. The molecule has 6 aromatic rings. The lowest BCUT2D eigenvalue weighted by Crippen LogP contribution is -2.16. The van der Waals surface area contributed by atoms with E-state index in [9.17, 15) is 9.18 Å². The minimum atomic E-state index is -0.470. The van der Waals surface area contributed by atoms with Crippen LogP contribution in [-0.2, 0) is 42.7 Å². The molecule has 0 atom stereocenters. The second-order valence-corrected chi connectivity index (χ2v) is 11.8. The molecule has 4 aromatic carbocycles. The molecule has 240 valence electrons. The van der Waals surface area contributed by atoms with Crippen molar-refractivity contribution in [2.24, 2.45) is 7.05 Å². The van der Waals surface area contributed by atoms with Crippen molar-refractivity contribution in [2.45, 2.75) is 46.4 Å². The molecule has 0 aliphatic carbocycles. The van der Waals surface area contributed by atoms with Gasteiger partial charge in [0.15, 0.2) is 0 Å². The fourth-order valence-electron chi connectivity index (χ4n) is 6.75. The Hall–Kier alpha value is -5.02. The molecule has 0 fully saturated rings. The van der Waals surface area contributed by atoms with Gasteiger partial charge < -0.3 is 18.8 Å². The molecule has 1 aliphatic rings. The van der Waals surface area contributed by atoms with Crippen molar-refractivity contribution in [1.82, 2.24) is 14.3 Å². The molecular formula is C38H35F2N3O4. The quantitative estimate of drug-likeness (QED) is 0.131. The summed E-state index contributed by atoms with van der Waals surface area (Å²) in [6.45, 7) is 5.06. The highest BCUT2D eigenvalue weighted by Crippen LogP contribution is 2.41. The lowest BCUT2D eigenvalue weighted by Gasteiger charge is -2.16. The van der Waals surface area contributed by atoms with E-state index >= 15 is 4.39 Å². The maximum absolute atomic E-state index is 16.2. The molecule has 7 rings (SSSR count). The van der Waals surface area contributed by atoms with E-state index in [1.807, 2.05) is 54.9 Å². The Morgan fingerprint density at radius 3 is 2.45 bits per heavy atom. The van der Waals surface area contributed by atoms with Crippen molar-refractivity contribution in [1.29, 1.82) is 0 Å². The third-order valence-electron chi connectivity index (χ3n) is 9.01. The predicted octanol–water partition coefficient (Wildman–Crippen LogP) is 8.05. The van der Waals surface area contributed by atoms with Crippen LogP contribution in [-0.4, -0.2) is 33.5 Å². The maximum Gasteiger partial charge on any atom is 0.355 e. The van der Waals surface area contributed by atoms with Gasteiger partial charge in [-0.25, -0.2) is 13.6 Å². The molecule has 0 spiro atoms. The molecule has 9 heteroatoms. The lowest BCUT2D eigenvalue weighted by molar-refractivity contribution is 0.0513. The van der Waals surface area contributed by atoms with Crippen LogP contribution < -0.4 is 4.74 Å². The largest absolute Gasteiger partial charge is 0.493 e. The SMILES string of the molecule is CCOC(=O)c1c(CCCOc2ccc(F)c3ccccc23)c2ccc(F)c3c2n1Cc1ccccc1COCc1nn(C)c(C)c1-3. The van der Waals surface area contributed by atoms with Crippen LogP contribution in [0, 0.1) is 18.6 Å². The number of benzene rings is 4. The average molecular weight is 636 g/mol. The van der Waals surface area contributed by atoms with Gasteiger partial charge in [0.05, 0.1) is 37.6 Å². The van der Waals surface area contributed by atoms with Gasteiger partial charge in [0.1, 0.15) is 23.1 Å².